The van der Waals surface area contributed by atoms with Crippen molar-refractivity contribution in [1.29, 1.82) is 0 Å². The fourth-order valence-electron chi connectivity index (χ4n) is 3.43. The molecular formula is C20H21N3O. The lowest BCUT2D eigenvalue weighted by Crippen LogP contribution is -2.36. The van der Waals surface area contributed by atoms with Gasteiger partial charge in [0.2, 0.25) is 0 Å². The van der Waals surface area contributed by atoms with Crippen LogP contribution < -0.4 is 9.64 Å². The molecule has 0 saturated carbocycles. The lowest BCUT2D eigenvalue weighted by molar-refractivity contribution is 0.298. The molecule has 0 fully saturated rings. The van der Waals surface area contributed by atoms with Crippen molar-refractivity contribution in [3.63, 3.8) is 0 Å². The quantitative estimate of drug-likeness (QED) is 0.706. The van der Waals surface area contributed by atoms with E-state index in [1.54, 1.807) is 6.33 Å². The Bertz CT molecular complexity index is 863. The van der Waals surface area contributed by atoms with Crippen LogP contribution in [0, 0.1) is 0 Å². The summed E-state index contributed by atoms with van der Waals surface area (Å²) in [5, 5.41) is 1.02. The molecule has 4 nitrogen and oxygen atoms in total. The van der Waals surface area contributed by atoms with Crippen molar-refractivity contribution in [2.24, 2.45) is 0 Å². The van der Waals surface area contributed by atoms with E-state index in [1.807, 2.05) is 6.07 Å². The van der Waals surface area contributed by atoms with Crippen molar-refractivity contribution in [2.45, 2.75) is 26.3 Å². The molecule has 4 heteroatoms. The molecule has 3 aromatic rings. The lowest BCUT2D eigenvalue weighted by Gasteiger charge is -2.32. The molecule has 0 aliphatic carbocycles. The van der Waals surface area contributed by atoms with Crippen LogP contribution in [-0.2, 0) is 0 Å². The predicted molar refractivity (Wildman–Crippen MR) is 97.6 cm³/mol. The first kappa shape index (κ1) is 14.9. The molecule has 1 aromatic heterocycles. The second-order valence-corrected chi connectivity index (χ2v) is 6.20. The topological polar surface area (TPSA) is 38.2 Å². The molecule has 122 valence electrons. The van der Waals surface area contributed by atoms with E-state index in [1.165, 1.54) is 5.56 Å². The fourth-order valence-corrected chi connectivity index (χ4v) is 3.43. The van der Waals surface area contributed by atoms with Gasteiger partial charge in [0.25, 0.3) is 0 Å². The van der Waals surface area contributed by atoms with Gasteiger partial charge in [-0.2, -0.15) is 0 Å². The third-order valence-electron chi connectivity index (χ3n) is 4.73. The van der Waals surface area contributed by atoms with E-state index < -0.39 is 0 Å². The molecule has 0 saturated heterocycles. The number of rotatable bonds is 2. The van der Waals surface area contributed by atoms with Crippen LogP contribution in [0.15, 0.2) is 48.8 Å². The molecule has 2 aromatic carbocycles. The van der Waals surface area contributed by atoms with Crippen molar-refractivity contribution in [3.8, 4) is 16.9 Å². The highest BCUT2D eigenvalue weighted by molar-refractivity contribution is 5.98. The van der Waals surface area contributed by atoms with Crippen LogP contribution in [0.25, 0.3) is 22.0 Å². The highest BCUT2D eigenvalue weighted by Crippen LogP contribution is 2.38. The molecule has 4 rings (SSSR count). The molecule has 0 bridgehead atoms. The summed E-state index contributed by atoms with van der Waals surface area (Å²) in [6.45, 7) is 6.03. The highest BCUT2D eigenvalue weighted by atomic mass is 16.5. The molecule has 1 atom stereocenters. The molecule has 24 heavy (non-hydrogen) atoms. The van der Waals surface area contributed by atoms with Crippen molar-refractivity contribution >= 4 is 16.7 Å². The zero-order valence-electron chi connectivity index (χ0n) is 14.1. The zero-order chi connectivity index (χ0) is 16.5. The Morgan fingerprint density at radius 2 is 1.96 bits per heavy atom. The Balaban J connectivity index is 1.97. The van der Waals surface area contributed by atoms with Crippen LogP contribution in [0.2, 0.25) is 0 Å². The zero-order valence-corrected chi connectivity index (χ0v) is 14.1. The Kier molecular flexibility index (Phi) is 3.81. The number of hydrogen-bond acceptors (Lipinski definition) is 4. The van der Waals surface area contributed by atoms with Gasteiger partial charge in [-0.1, -0.05) is 30.3 Å². The second kappa shape index (κ2) is 6.11. The molecule has 0 N–H and O–H groups in total. The van der Waals surface area contributed by atoms with Crippen LogP contribution in [0.4, 0.5) is 5.82 Å². The number of hydrogen-bond donors (Lipinski definition) is 0. The van der Waals surface area contributed by atoms with Gasteiger partial charge >= 0.3 is 0 Å². The standard InChI is InChI=1S/C20H21N3O/c1-3-23-14(2)9-10-24-18-12-16(15-7-5-4-6-8-15)11-17-19(18)20(23)22-13-21-17/h4-8,11-14H,3,9-10H2,1-2H3. The summed E-state index contributed by atoms with van der Waals surface area (Å²) in [6.07, 6.45) is 2.64. The van der Waals surface area contributed by atoms with Crippen LogP contribution >= 0.6 is 0 Å². The van der Waals surface area contributed by atoms with Crippen molar-refractivity contribution < 1.29 is 4.74 Å². The minimum absolute atomic E-state index is 0.398. The van der Waals surface area contributed by atoms with Gasteiger partial charge in [-0.15, -0.1) is 0 Å². The summed E-state index contributed by atoms with van der Waals surface area (Å²) in [5.41, 5.74) is 3.23. The minimum Gasteiger partial charge on any atom is -0.493 e. The van der Waals surface area contributed by atoms with Gasteiger partial charge in [0.15, 0.2) is 0 Å². The van der Waals surface area contributed by atoms with Crippen LogP contribution in [0.5, 0.6) is 5.75 Å². The first-order valence-corrected chi connectivity index (χ1v) is 8.51. The monoisotopic (exact) mass is 319 g/mol. The van der Waals surface area contributed by atoms with Crippen LogP contribution in [0.1, 0.15) is 20.3 Å². The molecule has 1 aliphatic heterocycles. The summed E-state index contributed by atoms with van der Waals surface area (Å²) in [5.74, 6) is 1.86. The van der Waals surface area contributed by atoms with E-state index in [2.05, 4.69) is 65.1 Å². The first-order chi connectivity index (χ1) is 11.8. The van der Waals surface area contributed by atoms with Gasteiger partial charge in [-0.3, -0.25) is 0 Å². The Labute approximate surface area is 142 Å². The lowest BCUT2D eigenvalue weighted by atomic mass is 10.0. The highest BCUT2D eigenvalue weighted by Gasteiger charge is 2.23. The summed E-state index contributed by atoms with van der Waals surface area (Å²) < 4.78 is 6.12. The van der Waals surface area contributed by atoms with E-state index in [9.17, 15) is 0 Å². The largest absolute Gasteiger partial charge is 0.493 e. The number of nitrogens with zero attached hydrogens (tertiary/aromatic N) is 3. The molecule has 0 radical (unpaired) electrons. The smallest absolute Gasteiger partial charge is 0.143 e. The SMILES string of the molecule is CCN1c2ncnc3cc(-c4ccccc4)cc(c23)OCCC1C. The molecule has 1 aliphatic rings. The molecule has 0 amide bonds. The number of benzene rings is 2. The molecule has 0 spiro atoms. The number of ether oxygens (including phenoxy) is 1. The Hall–Kier alpha value is -2.62. The predicted octanol–water partition coefficient (Wildman–Crippen LogP) is 4.29. The molecule has 1 unspecified atom stereocenters. The Morgan fingerprint density at radius 1 is 1.12 bits per heavy atom. The normalized spacial score (nSPS) is 17.2. The van der Waals surface area contributed by atoms with Crippen LogP contribution in [0.3, 0.4) is 0 Å². The van der Waals surface area contributed by atoms with E-state index in [0.29, 0.717) is 12.6 Å². The Morgan fingerprint density at radius 3 is 2.75 bits per heavy atom. The van der Waals surface area contributed by atoms with Crippen molar-refractivity contribution in [1.82, 2.24) is 9.97 Å². The van der Waals surface area contributed by atoms with E-state index in [-0.39, 0.29) is 0 Å². The maximum Gasteiger partial charge on any atom is 0.143 e. The maximum absolute atomic E-state index is 6.12. The molecular weight excluding hydrogens is 298 g/mol. The van der Waals surface area contributed by atoms with E-state index in [4.69, 9.17) is 4.74 Å². The second-order valence-electron chi connectivity index (χ2n) is 6.20. The van der Waals surface area contributed by atoms with Gasteiger partial charge in [-0.25, -0.2) is 9.97 Å². The van der Waals surface area contributed by atoms with Gasteiger partial charge in [0, 0.05) is 19.0 Å². The van der Waals surface area contributed by atoms with Gasteiger partial charge in [0.1, 0.15) is 17.9 Å². The average molecular weight is 319 g/mol. The minimum atomic E-state index is 0.398. The van der Waals surface area contributed by atoms with Crippen molar-refractivity contribution in [3.05, 3.63) is 48.8 Å². The van der Waals surface area contributed by atoms with Gasteiger partial charge in [-0.05, 0) is 37.1 Å². The van der Waals surface area contributed by atoms with Gasteiger partial charge in [0.05, 0.1) is 17.5 Å². The summed E-state index contributed by atoms with van der Waals surface area (Å²) in [6, 6.07) is 15.0. The van der Waals surface area contributed by atoms with Crippen LogP contribution in [-0.4, -0.2) is 29.2 Å². The third kappa shape index (κ3) is 2.48. The maximum atomic E-state index is 6.12. The van der Waals surface area contributed by atoms with Gasteiger partial charge < -0.3 is 9.64 Å². The number of anilines is 1. The summed E-state index contributed by atoms with van der Waals surface area (Å²) in [4.78, 5) is 11.4. The summed E-state index contributed by atoms with van der Waals surface area (Å²) in [7, 11) is 0. The van der Waals surface area contributed by atoms with E-state index >= 15 is 0 Å². The summed E-state index contributed by atoms with van der Waals surface area (Å²) >= 11 is 0. The molecule has 2 heterocycles. The fraction of sp³-hybridized carbons (Fsp3) is 0.300. The number of aromatic nitrogens is 2. The third-order valence-corrected chi connectivity index (χ3v) is 4.73. The van der Waals surface area contributed by atoms with E-state index in [0.717, 1.165) is 41.0 Å². The van der Waals surface area contributed by atoms with Crippen molar-refractivity contribution in [2.75, 3.05) is 18.1 Å². The first-order valence-electron chi connectivity index (χ1n) is 8.51. The average Bonchev–Trinajstić information content (AvgIpc) is 2.61.